The van der Waals surface area contributed by atoms with Crippen molar-refractivity contribution in [2.24, 2.45) is 7.05 Å². The fourth-order valence-corrected chi connectivity index (χ4v) is 3.25. The first-order valence-corrected chi connectivity index (χ1v) is 9.78. The van der Waals surface area contributed by atoms with Gasteiger partial charge in [-0.15, -0.1) is 16.6 Å². The molecule has 32 heavy (non-hydrogen) atoms. The lowest BCUT2D eigenvalue weighted by atomic mass is 10.1. The van der Waals surface area contributed by atoms with Crippen LogP contribution >= 0.6 is 0 Å². The fraction of sp³-hybridized carbons (Fsp3) is 0.286. The Morgan fingerprint density at radius 3 is 2.75 bits per heavy atom. The quantitative estimate of drug-likeness (QED) is 0.412. The fourth-order valence-electron chi connectivity index (χ4n) is 3.25. The molecule has 0 fully saturated rings. The number of halogens is 3. The Balaban J connectivity index is 1.78. The van der Waals surface area contributed by atoms with Crippen LogP contribution in [0.1, 0.15) is 30.4 Å². The minimum absolute atomic E-state index is 0.105. The van der Waals surface area contributed by atoms with E-state index in [4.69, 9.17) is 6.42 Å². The van der Waals surface area contributed by atoms with Crippen LogP contribution in [0.2, 0.25) is 0 Å². The summed E-state index contributed by atoms with van der Waals surface area (Å²) in [5, 5.41) is 19.9. The van der Waals surface area contributed by atoms with Crippen molar-refractivity contribution in [3.05, 3.63) is 53.4 Å². The van der Waals surface area contributed by atoms with Crippen LogP contribution in [-0.4, -0.2) is 46.0 Å². The number of terminal acetylenes is 1. The number of hydrogen-bond donors (Lipinski definition) is 0. The highest BCUT2D eigenvalue weighted by molar-refractivity contribution is 5.61. The number of hydrogen-bond acceptors (Lipinski definition) is 5. The second-order valence-electron chi connectivity index (χ2n) is 7.13. The van der Waals surface area contributed by atoms with Crippen LogP contribution in [-0.2, 0) is 19.5 Å². The molecule has 0 saturated carbocycles. The monoisotopic (exact) mass is 440 g/mol. The minimum atomic E-state index is -3.80. The van der Waals surface area contributed by atoms with Crippen molar-refractivity contribution in [1.29, 1.82) is 0 Å². The van der Waals surface area contributed by atoms with Gasteiger partial charge in [-0.3, -0.25) is 9.36 Å². The average molecular weight is 440 g/mol. The minimum Gasteiger partial charge on any atom is -0.274 e. The van der Waals surface area contributed by atoms with Gasteiger partial charge in [-0.2, -0.15) is 28.6 Å². The summed E-state index contributed by atoms with van der Waals surface area (Å²) in [7, 11) is 1.59. The molecule has 4 rings (SSSR count). The molecule has 0 spiro atoms. The number of alkyl halides is 3. The molecule has 0 radical (unpaired) electrons. The normalized spacial score (nSPS) is 12.4. The summed E-state index contributed by atoms with van der Waals surface area (Å²) in [5.74, 6) is -2.30. The van der Waals surface area contributed by atoms with Gasteiger partial charge >= 0.3 is 5.92 Å². The summed E-state index contributed by atoms with van der Waals surface area (Å²) < 4.78 is 48.6. The highest BCUT2D eigenvalue weighted by atomic mass is 19.3. The number of aryl methyl sites for hydroxylation is 2. The first-order chi connectivity index (χ1) is 15.4. The Morgan fingerprint density at radius 1 is 1.22 bits per heavy atom. The molecule has 8 nitrogen and oxygen atoms in total. The van der Waals surface area contributed by atoms with E-state index < -0.39 is 24.0 Å². The molecular weight excluding hydrogens is 421 g/mol. The van der Waals surface area contributed by atoms with Crippen LogP contribution in [0.5, 0.6) is 0 Å². The van der Waals surface area contributed by atoms with Gasteiger partial charge in [-0.05, 0) is 30.6 Å². The first-order valence-electron chi connectivity index (χ1n) is 9.78. The zero-order valence-corrected chi connectivity index (χ0v) is 17.4. The van der Waals surface area contributed by atoms with E-state index in [1.54, 1.807) is 30.2 Å². The summed E-state index contributed by atoms with van der Waals surface area (Å²) >= 11 is 0. The Hall–Kier alpha value is -3.94. The predicted octanol–water partition coefficient (Wildman–Crippen LogP) is 3.26. The van der Waals surface area contributed by atoms with Crippen LogP contribution in [0, 0.1) is 12.3 Å². The molecule has 4 aromatic rings. The van der Waals surface area contributed by atoms with Crippen molar-refractivity contribution in [2.45, 2.75) is 25.8 Å². The van der Waals surface area contributed by atoms with E-state index in [2.05, 4.69) is 31.4 Å². The third-order valence-corrected chi connectivity index (χ3v) is 4.80. The van der Waals surface area contributed by atoms with Gasteiger partial charge in [-0.25, -0.2) is 4.39 Å². The summed E-state index contributed by atoms with van der Waals surface area (Å²) in [4.78, 5) is 0. The van der Waals surface area contributed by atoms with Crippen LogP contribution in [0.15, 0.2) is 36.3 Å². The van der Waals surface area contributed by atoms with Crippen molar-refractivity contribution in [2.75, 3.05) is 6.67 Å². The topological polar surface area (TPSA) is 78.7 Å². The Bertz CT molecular complexity index is 1340. The van der Waals surface area contributed by atoms with Crippen molar-refractivity contribution < 1.29 is 13.2 Å². The van der Waals surface area contributed by atoms with Crippen LogP contribution in [0.3, 0.4) is 0 Å². The molecule has 0 aromatic carbocycles. The molecule has 0 amide bonds. The lowest BCUT2D eigenvalue weighted by molar-refractivity contribution is 0.0213. The molecule has 0 aliphatic carbocycles. The van der Waals surface area contributed by atoms with Crippen LogP contribution in [0.25, 0.3) is 23.0 Å². The summed E-state index contributed by atoms with van der Waals surface area (Å²) in [6, 6.07) is 3.16. The van der Waals surface area contributed by atoms with Gasteiger partial charge in [0.2, 0.25) is 5.82 Å². The molecule has 0 bridgehead atoms. The highest BCUT2D eigenvalue weighted by Gasteiger charge is 2.42. The van der Waals surface area contributed by atoms with E-state index >= 15 is 8.78 Å². The predicted molar refractivity (Wildman–Crippen MR) is 111 cm³/mol. The molecule has 0 aliphatic rings. The van der Waals surface area contributed by atoms with E-state index in [1.807, 2.05) is 6.92 Å². The van der Waals surface area contributed by atoms with E-state index in [0.717, 1.165) is 23.6 Å². The second-order valence-corrected chi connectivity index (χ2v) is 7.13. The molecule has 0 saturated heterocycles. The van der Waals surface area contributed by atoms with E-state index in [9.17, 15) is 4.39 Å². The van der Waals surface area contributed by atoms with Gasteiger partial charge in [0.1, 0.15) is 12.4 Å². The molecular formula is C21H19F3N8. The number of fused-ring (bicyclic) bond motifs is 1. The molecule has 0 atom stereocenters. The van der Waals surface area contributed by atoms with E-state index in [1.165, 1.54) is 16.9 Å². The zero-order chi connectivity index (χ0) is 22.9. The maximum absolute atomic E-state index is 15.4. The van der Waals surface area contributed by atoms with Gasteiger partial charge in [0.05, 0.1) is 11.9 Å². The molecule has 164 valence electrons. The van der Waals surface area contributed by atoms with Crippen molar-refractivity contribution >= 4 is 11.7 Å². The number of aromatic nitrogens is 8. The van der Waals surface area contributed by atoms with Gasteiger partial charge < -0.3 is 0 Å². The molecule has 0 aliphatic heterocycles. The van der Waals surface area contributed by atoms with Gasteiger partial charge in [0.25, 0.3) is 0 Å². The summed E-state index contributed by atoms with van der Waals surface area (Å²) in [5.41, 5.74) is 0.661. The maximum Gasteiger partial charge on any atom is 0.332 e. The third kappa shape index (κ3) is 3.75. The number of rotatable bonds is 7. The molecule has 4 heterocycles. The molecule has 11 heteroatoms. The highest BCUT2D eigenvalue weighted by Crippen LogP contribution is 2.36. The van der Waals surface area contributed by atoms with Crippen LogP contribution in [0.4, 0.5) is 13.2 Å². The Labute approximate surface area is 181 Å². The van der Waals surface area contributed by atoms with E-state index in [0.29, 0.717) is 11.3 Å². The SMILES string of the molecule is C#Cc1nn(C)cc1/C=C(\CF)C(F)(F)c1nnc2ccc(-c3cnn(CCC)c3)nn12. The smallest absolute Gasteiger partial charge is 0.274 e. The Morgan fingerprint density at radius 2 is 2.03 bits per heavy atom. The number of allylic oxidation sites excluding steroid dienone is 1. The van der Waals surface area contributed by atoms with Gasteiger partial charge in [0.15, 0.2) is 5.65 Å². The lowest BCUT2D eigenvalue weighted by Crippen LogP contribution is -2.22. The van der Waals surface area contributed by atoms with Crippen LogP contribution < -0.4 is 0 Å². The molecule has 0 N–H and O–H groups in total. The molecule has 0 unspecified atom stereocenters. The largest absolute Gasteiger partial charge is 0.332 e. The van der Waals surface area contributed by atoms with E-state index in [-0.39, 0.29) is 16.9 Å². The average Bonchev–Trinajstić information content (AvgIpc) is 3.49. The van der Waals surface area contributed by atoms with Gasteiger partial charge in [-0.1, -0.05) is 6.92 Å². The first kappa shape index (κ1) is 21.3. The zero-order valence-electron chi connectivity index (χ0n) is 17.4. The maximum atomic E-state index is 15.4. The molecule has 4 aromatic heterocycles. The number of nitrogens with zero attached hydrogens (tertiary/aromatic N) is 8. The van der Waals surface area contributed by atoms with Gasteiger partial charge in [0, 0.05) is 42.7 Å². The van der Waals surface area contributed by atoms with Crippen molar-refractivity contribution in [3.63, 3.8) is 0 Å². The third-order valence-electron chi connectivity index (χ3n) is 4.80. The standard InChI is InChI=1S/C21H19F3N8/c1-4-8-31-13-15(11-25-31)18-6-7-19-26-27-20(32(19)29-18)21(23,24)16(10-22)9-14-12-30(3)28-17(14)5-2/h2,6-7,9,11-13H,4,8,10H2,1,3H3/b16-9+. The van der Waals surface area contributed by atoms with Crippen molar-refractivity contribution in [3.8, 4) is 23.6 Å². The Kier molecular flexibility index (Phi) is 5.52. The summed E-state index contributed by atoms with van der Waals surface area (Å²) in [6.07, 6.45) is 12.1. The van der Waals surface area contributed by atoms with Crippen molar-refractivity contribution in [1.82, 2.24) is 39.4 Å². The second kappa shape index (κ2) is 8.30. The summed E-state index contributed by atoms with van der Waals surface area (Å²) in [6.45, 7) is 1.31. The lowest BCUT2D eigenvalue weighted by Gasteiger charge is -2.16.